The number of unbranched alkanes of at least 4 members (excludes halogenated alkanes) is 1. The SMILES string of the molecule is CCCCn1nnnc1CN1CCC([C@@H](O)c2ccccc2)CC1. The molecule has 1 atom stereocenters. The van der Waals surface area contributed by atoms with Gasteiger partial charge in [0.25, 0.3) is 0 Å². The summed E-state index contributed by atoms with van der Waals surface area (Å²) in [5, 5.41) is 22.7. The first-order valence-electron chi connectivity index (χ1n) is 8.98. The predicted octanol–water partition coefficient (Wildman–Crippen LogP) is 2.42. The highest BCUT2D eigenvalue weighted by Crippen LogP contribution is 2.30. The number of piperidine rings is 1. The molecule has 2 heterocycles. The highest BCUT2D eigenvalue weighted by molar-refractivity contribution is 5.18. The second-order valence-corrected chi connectivity index (χ2v) is 6.64. The van der Waals surface area contributed by atoms with Crippen LogP contribution in [-0.2, 0) is 13.1 Å². The standard InChI is InChI=1S/C18H27N5O/c1-2-3-11-23-17(19-20-21-23)14-22-12-9-16(10-13-22)18(24)15-7-5-4-6-8-15/h4-8,16,18,24H,2-3,9-14H2,1H3/t18-/m0/s1. The molecule has 1 N–H and O–H groups in total. The largest absolute Gasteiger partial charge is 0.388 e. The van der Waals surface area contributed by atoms with Crippen molar-refractivity contribution in [1.82, 2.24) is 25.1 Å². The quantitative estimate of drug-likeness (QED) is 0.845. The number of hydrogen-bond acceptors (Lipinski definition) is 5. The number of likely N-dealkylation sites (tertiary alicyclic amines) is 1. The van der Waals surface area contributed by atoms with E-state index in [9.17, 15) is 5.11 Å². The lowest BCUT2D eigenvalue weighted by Crippen LogP contribution is -2.36. The number of aromatic nitrogens is 4. The van der Waals surface area contributed by atoms with Crippen molar-refractivity contribution in [1.29, 1.82) is 0 Å². The van der Waals surface area contributed by atoms with Gasteiger partial charge in [-0.15, -0.1) is 5.10 Å². The molecule has 0 amide bonds. The highest BCUT2D eigenvalue weighted by atomic mass is 16.3. The van der Waals surface area contributed by atoms with Gasteiger partial charge in [-0.2, -0.15) is 0 Å². The van der Waals surface area contributed by atoms with Gasteiger partial charge in [0.05, 0.1) is 12.6 Å². The first-order chi connectivity index (χ1) is 11.8. The molecule has 1 aromatic heterocycles. The molecule has 0 saturated carbocycles. The number of rotatable bonds is 7. The number of hydrogen-bond donors (Lipinski definition) is 1. The van der Waals surface area contributed by atoms with Gasteiger partial charge in [-0.3, -0.25) is 4.90 Å². The van der Waals surface area contributed by atoms with Crippen LogP contribution in [-0.4, -0.2) is 43.3 Å². The molecule has 1 aromatic carbocycles. The van der Waals surface area contributed by atoms with E-state index in [4.69, 9.17) is 0 Å². The Hall–Kier alpha value is -1.79. The predicted molar refractivity (Wildman–Crippen MR) is 92.1 cm³/mol. The van der Waals surface area contributed by atoms with Gasteiger partial charge in [0.15, 0.2) is 5.82 Å². The number of aryl methyl sites for hydroxylation is 1. The Labute approximate surface area is 143 Å². The van der Waals surface area contributed by atoms with E-state index >= 15 is 0 Å². The molecule has 6 nitrogen and oxygen atoms in total. The third kappa shape index (κ3) is 4.19. The van der Waals surface area contributed by atoms with E-state index in [1.807, 2.05) is 35.0 Å². The Morgan fingerprint density at radius 3 is 2.67 bits per heavy atom. The zero-order valence-electron chi connectivity index (χ0n) is 14.4. The van der Waals surface area contributed by atoms with Crippen LogP contribution in [0.3, 0.4) is 0 Å². The Balaban J connectivity index is 1.51. The van der Waals surface area contributed by atoms with Crippen molar-refractivity contribution in [2.45, 2.75) is 51.8 Å². The molecule has 6 heteroatoms. The van der Waals surface area contributed by atoms with Crippen LogP contribution in [0.15, 0.2) is 30.3 Å². The van der Waals surface area contributed by atoms with Gasteiger partial charge in [0.1, 0.15) is 0 Å². The minimum Gasteiger partial charge on any atom is -0.388 e. The molecule has 0 spiro atoms. The van der Waals surface area contributed by atoms with E-state index in [2.05, 4.69) is 27.3 Å². The summed E-state index contributed by atoms with van der Waals surface area (Å²) in [5.41, 5.74) is 1.03. The molecule has 1 fully saturated rings. The van der Waals surface area contributed by atoms with Crippen molar-refractivity contribution in [2.24, 2.45) is 5.92 Å². The average molecular weight is 329 g/mol. The Bertz CT molecular complexity index is 607. The lowest BCUT2D eigenvalue weighted by Gasteiger charge is -2.34. The first-order valence-corrected chi connectivity index (χ1v) is 8.98. The van der Waals surface area contributed by atoms with Crippen LogP contribution in [0.25, 0.3) is 0 Å². The molecule has 1 aliphatic rings. The fraction of sp³-hybridized carbons (Fsp3) is 0.611. The molecule has 0 radical (unpaired) electrons. The molecular weight excluding hydrogens is 302 g/mol. The summed E-state index contributed by atoms with van der Waals surface area (Å²) in [6, 6.07) is 9.99. The monoisotopic (exact) mass is 329 g/mol. The van der Waals surface area contributed by atoms with Crippen LogP contribution in [0, 0.1) is 5.92 Å². The maximum Gasteiger partial charge on any atom is 0.165 e. The fourth-order valence-corrected chi connectivity index (χ4v) is 3.37. The number of nitrogens with zero attached hydrogens (tertiary/aromatic N) is 5. The zero-order chi connectivity index (χ0) is 16.8. The minimum absolute atomic E-state index is 0.333. The Morgan fingerprint density at radius 1 is 1.21 bits per heavy atom. The topological polar surface area (TPSA) is 67.1 Å². The van der Waals surface area contributed by atoms with Crippen molar-refractivity contribution in [3.8, 4) is 0 Å². The molecular formula is C18H27N5O. The Kier molecular flexibility index (Phi) is 5.93. The number of tetrazole rings is 1. The Morgan fingerprint density at radius 2 is 1.96 bits per heavy atom. The summed E-state index contributed by atoms with van der Waals surface area (Å²) in [6.45, 7) is 5.82. The summed E-state index contributed by atoms with van der Waals surface area (Å²) >= 11 is 0. The van der Waals surface area contributed by atoms with Crippen molar-refractivity contribution in [2.75, 3.05) is 13.1 Å². The van der Waals surface area contributed by atoms with E-state index in [0.717, 1.165) is 63.3 Å². The van der Waals surface area contributed by atoms with Crippen molar-refractivity contribution in [3.05, 3.63) is 41.7 Å². The van der Waals surface area contributed by atoms with Gasteiger partial charge < -0.3 is 5.11 Å². The second-order valence-electron chi connectivity index (χ2n) is 6.64. The normalized spacial score (nSPS) is 17.9. The molecule has 0 aliphatic carbocycles. The summed E-state index contributed by atoms with van der Waals surface area (Å²) in [4.78, 5) is 2.39. The molecule has 130 valence electrons. The van der Waals surface area contributed by atoms with Gasteiger partial charge in [-0.05, 0) is 54.3 Å². The van der Waals surface area contributed by atoms with Crippen LogP contribution in [0.4, 0.5) is 0 Å². The maximum atomic E-state index is 10.6. The lowest BCUT2D eigenvalue weighted by molar-refractivity contribution is 0.0556. The van der Waals surface area contributed by atoms with Gasteiger partial charge in [0.2, 0.25) is 0 Å². The van der Waals surface area contributed by atoms with Crippen LogP contribution in [0.2, 0.25) is 0 Å². The van der Waals surface area contributed by atoms with Crippen LogP contribution in [0.1, 0.15) is 50.1 Å². The lowest BCUT2D eigenvalue weighted by atomic mass is 9.87. The molecule has 0 unspecified atom stereocenters. The molecule has 1 saturated heterocycles. The first kappa shape index (κ1) is 17.0. The van der Waals surface area contributed by atoms with Crippen LogP contribution in [0.5, 0.6) is 0 Å². The van der Waals surface area contributed by atoms with Crippen molar-refractivity contribution in [3.63, 3.8) is 0 Å². The molecule has 1 aliphatic heterocycles. The van der Waals surface area contributed by atoms with Crippen molar-refractivity contribution >= 4 is 0 Å². The van der Waals surface area contributed by atoms with Gasteiger partial charge in [0, 0.05) is 6.54 Å². The zero-order valence-corrected chi connectivity index (χ0v) is 14.4. The van der Waals surface area contributed by atoms with E-state index in [1.54, 1.807) is 0 Å². The van der Waals surface area contributed by atoms with E-state index < -0.39 is 0 Å². The molecule has 2 aromatic rings. The van der Waals surface area contributed by atoms with Gasteiger partial charge >= 0.3 is 0 Å². The fourth-order valence-electron chi connectivity index (χ4n) is 3.37. The second kappa shape index (κ2) is 8.35. The number of aliphatic hydroxyl groups excluding tert-OH is 1. The smallest absolute Gasteiger partial charge is 0.165 e. The average Bonchev–Trinajstić information content (AvgIpc) is 3.07. The number of aliphatic hydroxyl groups is 1. The third-order valence-electron chi connectivity index (χ3n) is 4.91. The highest BCUT2D eigenvalue weighted by Gasteiger charge is 2.26. The number of benzene rings is 1. The van der Waals surface area contributed by atoms with Gasteiger partial charge in [-0.1, -0.05) is 43.7 Å². The molecule has 0 bridgehead atoms. The summed E-state index contributed by atoms with van der Waals surface area (Å²) in [6.07, 6.45) is 3.90. The van der Waals surface area contributed by atoms with Gasteiger partial charge in [-0.25, -0.2) is 4.68 Å². The molecule has 24 heavy (non-hydrogen) atoms. The summed E-state index contributed by atoms with van der Waals surface area (Å²) < 4.78 is 1.93. The van der Waals surface area contributed by atoms with Crippen LogP contribution < -0.4 is 0 Å². The van der Waals surface area contributed by atoms with Crippen LogP contribution >= 0.6 is 0 Å². The third-order valence-corrected chi connectivity index (χ3v) is 4.91. The summed E-state index contributed by atoms with van der Waals surface area (Å²) in [7, 11) is 0. The molecule has 3 rings (SSSR count). The maximum absolute atomic E-state index is 10.6. The van der Waals surface area contributed by atoms with E-state index in [1.165, 1.54) is 0 Å². The van der Waals surface area contributed by atoms with E-state index in [-0.39, 0.29) is 6.10 Å². The van der Waals surface area contributed by atoms with Crippen molar-refractivity contribution < 1.29 is 5.11 Å². The summed E-state index contributed by atoms with van der Waals surface area (Å²) in [5.74, 6) is 1.28. The van der Waals surface area contributed by atoms with E-state index in [0.29, 0.717) is 5.92 Å². The minimum atomic E-state index is -0.358.